The van der Waals surface area contributed by atoms with Gasteiger partial charge < -0.3 is 19.8 Å². The van der Waals surface area contributed by atoms with E-state index in [9.17, 15) is 4.79 Å². The number of amides is 1. The van der Waals surface area contributed by atoms with Gasteiger partial charge in [0.15, 0.2) is 11.5 Å². The van der Waals surface area contributed by atoms with E-state index in [0.29, 0.717) is 36.0 Å². The van der Waals surface area contributed by atoms with Crippen LogP contribution in [0.2, 0.25) is 0 Å². The Hall–Kier alpha value is -2.95. The number of aromatic nitrogens is 1. The first kappa shape index (κ1) is 12.8. The fraction of sp³-hybridized carbons (Fsp3) is 0.118. The van der Waals surface area contributed by atoms with Crippen molar-refractivity contribution in [3.8, 4) is 11.5 Å². The lowest BCUT2D eigenvalue weighted by Crippen LogP contribution is -2.16. The highest BCUT2D eigenvalue weighted by molar-refractivity contribution is 6.12. The predicted molar refractivity (Wildman–Crippen MR) is 83.7 cm³/mol. The molecule has 0 atom stereocenters. The van der Waals surface area contributed by atoms with E-state index in [1.165, 1.54) is 0 Å². The quantitative estimate of drug-likeness (QED) is 0.763. The number of carbonyl (C=O) groups is 1. The molecule has 0 bridgehead atoms. The zero-order valence-corrected chi connectivity index (χ0v) is 11.8. The van der Waals surface area contributed by atoms with Crippen molar-refractivity contribution in [2.24, 2.45) is 0 Å². The van der Waals surface area contributed by atoms with Crippen LogP contribution in [0.3, 0.4) is 0 Å². The topological polar surface area (TPSA) is 63.4 Å². The summed E-state index contributed by atoms with van der Waals surface area (Å²) >= 11 is 0. The van der Waals surface area contributed by atoms with E-state index >= 15 is 0 Å². The molecule has 2 N–H and O–H groups in total. The molecule has 1 aliphatic heterocycles. The molecule has 1 aromatic heterocycles. The van der Waals surface area contributed by atoms with Crippen LogP contribution in [0.4, 0.5) is 5.69 Å². The number of aromatic amines is 1. The molecule has 2 aromatic carbocycles. The second kappa shape index (κ2) is 5.11. The first-order valence-electron chi connectivity index (χ1n) is 7.08. The number of benzene rings is 2. The molecule has 0 aliphatic carbocycles. The zero-order chi connectivity index (χ0) is 14.9. The van der Waals surface area contributed by atoms with Crippen molar-refractivity contribution in [3.05, 3.63) is 54.2 Å². The number of hydrogen-bond acceptors (Lipinski definition) is 3. The number of fused-ring (bicyclic) bond motifs is 2. The van der Waals surface area contributed by atoms with Gasteiger partial charge in [-0.15, -0.1) is 0 Å². The Morgan fingerprint density at radius 2 is 1.91 bits per heavy atom. The number of nitrogens with one attached hydrogen (secondary N) is 2. The van der Waals surface area contributed by atoms with Gasteiger partial charge in [-0.1, -0.05) is 6.07 Å². The summed E-state index contributed by atoms with van der Waals surface area (Å²) in [7, 11) is 0. The number of anilines is 1. The van der Waals surface area contributed by atoms with Crippen molar-refractivity contribution in [2.75, 3.05) is 18.5 Å². The van der Waals surface area contributed by atoms with Gasteiger partial charge in [-0.05, 0) is 30.3 Å². The molecule has 0 radical (unpaired) electrons. The van der Waals surface area contributed by atoms with Gasteiger partial charge in [0.1, 0.15) is 13.2 Å². The highest BCUT2D eigenvalue weighted by Gasteiger charge is 2.14. The summed E-state index contributed by atoms with van der Waals surface area (Å²) < 4.78 is 11.0. The Bertz CT molecular complexity index is 854. The van der Waals surface area contributed by atoms with Gasteiger partial charge in [0, 0.05) is 34.4 Å². The van der Waals surface area contributed by atoms with Crippen LogP contribution in [0.25, 0.3) is 10.9 Å². The van der Waals surface area contributed by atoms with Crippen LogP contribution < -0.4 is 14.8 Å². The van der Waals surface area contributed by atoms with E-state index in [-0.39, 0.29) is 5.91 Å². The Morgan fingerprint density at radius 1 is 1.05 bits per heavy atom. The van der Waals surface area contributed by atoms with E-state index in [4.69, 9.17) is 9.47 Å². The van der Waals surface area contributed by atoms with Crippen LogP contribution in [-0.2, 0) is 0 Å². The second-order valence-corrected chi connectivity index (χ2v) is 5.06. The van der Waals surface area contributed by atoms with E-state index < -0.39 is 0 Å². The maximum atomic E-state index is 12.5. The Kier molecular flexibility index (Phi) is 2.96. The minimum absolute atomic E-state index is 0.151. The van der Waals surface area contributed by atoms with Crippen molar-refractivity contribution in [2.45, 2.75) is 0 Å². The lowest BCUT2D eigenvalue weighted by Gasteiger charge is -2.19. The lowest BCUT2D eigenvalue weighted by molar-refractivity contribution is 0.102. The van der Waals surface area contributed by atoms with Crippen LogP contribution in [0.15, 0.2) is 48.7 Å². The maximum absolute atomic E-state index is 12.5. The summed E-state index contributed by atoms with van der Waals surface area (Å²) in [5.74, 6) is 1.21. The van der Waals surface area contributed by atoms with Crippen molar-refractivity contribution >= 4 is 22.5 Å². The zero-order valence-electron chi connectivity index (χ0n) is 11.8. The maximum Gasteiger partial charge on any atom is 0.256 e. The van der Waals surface area contributed by atoms with Gasteiger partial charge in [0.05, 0.1) is 0 Å². The molecule has 0 saturated heterocycles. The first-order chi connectivity index (χ1) is 10.8. The van der Waals surface area contributed by atoms with Crippen LogP contribution in [-0.4, -0.2) is 24.1 Å². The first-order valence-corrected chi connectivity index (χ1v) is 7.08. The summed E-state index contributed by atoms with van der Waals surface area (Å²) in [5.41, 5.74) is 2.25. The minimum Gasteiger partial charge on any atom is -0.486 e. The van der Waals surface area contributed by atoms with Crippen LogP contribution in [0.1, 0.15) is 10.4 Å². The number of H-pyrrole nitrogens is 1. The molecule has 22 heavy (non-hydrogen) atoms. The van der Waals surface area contributed by atoms with E-state index in [2.05, 4.69) is 10.3 Å². The monoisotopic (exact) mass is 294 g/mol. The molecule has 0 spiro atoms. The molecular formula is C17H14N2O3. The number of carbonyl (C=O) groups excluding carboxylic acids is 1. The predicted octanol–water partition coefficient (Wildman–Crippen LogP) is 3.19. The highest BCUT2D eigenvalue weighted by atomic mass is 16.6. The molecule has 1 amide bonds. The third-order valence-corrected chi connectivity index (χ3v) is 3.64. The van der Waals surface area contributed by atoms with E-state index in [1.807, 2.05) is 36.5 Å². The van der Waals surface area contributed by atoms with Gasteiger partial charge in [-0.2, -0.15) is 0 Å². The SMILES string of the molecule is O=C(Nc1ccc2c(c1)OCCO2)c1cccc2[nH]ccc12. The number of ether oxygens (including phenoxy) is 2. The van der Waals surface area contributed by atoms with Gasteiger partial charge >= 0.3 is 0 Å². The normalized spacial score (nSPS) is 13.1. The summed E-state index contributed by atoms with van der Waals surface area (Å²) in [5, 5.41) is 3.80. The Balaban J connectivity index is 1.63. The van der Waals surface area contributed by atoms with Crippen molar-refractivity contribution in [1.82, 2.24) is 4.98 Å². The van der Waals surface area contributed by atoms with Crippen LogP contribution in [0, 0.1) is 0 Å². The van der Waals surface area contributed by atoms with E-state index in [1.54, 1.807) is 12.1 Å². The standard InChI is InChI=1S/C17H14N2O3/c20-17(13-2-1-3-14-12(13)6-7-18-14)19-11-4-5-15-16(10-11)22-9-8-21-15/h1-7,10,18H,8-9H2,(H,19,20). The van der Waals surface area contributed by atoms with Crippen LogP contribution in [0.5, 0.6) is 11.5 Å². The van der Waals surface area contributed by atoms with Gasteiger partial charge in [0.25, 0.3) is 5.91 Å². The number of rotatable bonds is 2. The molecule has 0 saturated carbocycles. The average molecular weight is 294 g/mol. The Labute approximate surface area is 126 Å². The third-order valence-electron chi connectivity index (χ3n) is 3.64. The number of hydrogen-bond donors (Lipinski definition) is 2. The molecule has 3 aromatic rings. The van der Waals surface area contributed by atoms with Gasteiger partial charge in [-0.3, -0.25) is 4.79 Å². The van der Waals surface area contributed by atoms with Crippen molar-refractivity contribution in [3.63, 3.8) is 0 Å². The van der Waals surface area contributed by atoms with Gasteiger partial charge in [-0.25, -0.2) is 0 Å². The molecule has 2 heterocycles. The Morgan fingerprint density at radius 3 is 2.82 bits per heavy atom. The summed E-state index contributed by atoms with van der Waals surface area (Å²) in [6, 6.07) is 12.9. The molecule has 5 heteroatoms. The molecule has 0 unspecified atom stereocenters. The fourth-order valence-corrected chi connectivity index (χ4v) is 2.60. The van der Waals surface area contributed by atoms with Gasteiger partial charge in [0.2, 0.25) is 0 Å². The molecule has 1 aliphatic rings. The van der Waals surface area contributed by atoms with Crippen molar-refractivity contribution in [1.29, 1.82) is 0 Å². The lowest BCUT2D eigenvalue weighted by atomic mass is 10.1. The third kappa shape index (κ3) is 2.16. The highest BCUT2D eigenvalue weighted by Crippen LogP contribution is 2.32. The smallest absolute Gasteiger partial charge is 0.256 e. The molecule has 110 valence electrons. The minimum atomic E-state index is -0.151. The summed E-state index contributed by atoms with van der Waals surface area (Å²) in [6.45, 7) is 1.07. The summed E-state index contributed by atoms with van der Waals surface area (Å²) in [4.78, 5) is 15.6. The molecule has 5 nitrogen and oxygen atoms in total. The largest absolute Gasteiger partial charge is 0.486 e. The fourth-order valence-electron chi connectivity index (χ4n) is 2.60. The molecule has 0 fully saturated rings. The summed E-state index contributed by atoms with van der Waals surface area (Å²) in [6.07, 6.45) is 1.82. The van der Waals surface area contributed by atoms with Crippen LogP contribution >= 0.6 is 0 Å². The molecular weight excluding hydrogens is 280 g/mol. The van der Waals surface area contributed by atoms with Crippen molar-refractivity contribution < 1.29 is 14.3 Å². The second-order valence-electron chi connectivity index (χ2n) is 5.06. The molecule has 4 rings (SSSR count). The van der Waals surface area contributed by atoms with E-state index in [0.717, 1.165) is 10.9 Å². The average Bonchev–Trinajstić information content (AvgIpc) is 3.03.